The van der Waals surface area contributed by atoms with E-state index in [1.54, 1.807) is 0 Å². The zero-order valence-corrected chi connectivity index (χ0v) is 11.4. The smallest absolute Gasteiger partial charge is 0.382 e. The van der Waals surface area contributed by atoms with Crippen molar-refractivity contribution in [3.05, 3.63) is 0 Å². The number of rotatable bonds is 8. The molecule has 9 heteroatoms. The average Bonchev–Trinajstić information content (AvgIpc) is 2.21. The highest BCUT2D eigenvalue weighted by Crippen LogP contribution is 2.36. The summed E-state index contributed by atoms with van der Waals surface area (Å²) in [5.74, 6) is 0.208. The molecule has 1 unspecified atom stereocenters. The van der Waals surface area contributed by atoms with Crippen LogP contribution in [0.4, 0.5) is 26.3 Å². The monoisotopic (exact) mass is 311 g/mol. The Labute approximate surface area is 113 Å². The molecule has 0 aromatic rings. The molecule has 0 rings (SSSR count). The maximum atomic E-state index is 12.4. The Morgan fingerprint density at radius 2 is 1.45 bits per heavy atom. The molecule has 0 aromatic heterocycles. The predicted molar refractivity (Wildman–Crippen MR) is 60.4 cm³/mol. The molecule has 0 spiro atoms. The summed E-state index contributed by atoms with van der Waals surface area (Å²) in [6.07, 6.45) is -16.2. The molecule has 0 aliphatic rings. The van der Waals surface area contributed by atoms with Gasteiger partial charge in [-0.15, -0.1) is 0 Å². The Balaban J connectivity index is 4.66. The number of methoxy groups -OCH3 is 1. The van der Waals surface area contributed by atoms with Crippen molar-refractivity contribution < 1.29 is 35.8 Å². The minimum absolute atomic E-state index is 0.158. The van der Waals surface area contributed by atoms with Gasteiger partial charge in [-0.25, -0.2) is 0 Å². The third-order valence-corrected chi connectivity index (χ3v) is 2.20. The van der Waals surface area contributed by atoms with E-state index in [1.165, 1.54) is 7.11 Å². The number of halogens is 6. The summed E-state index contributed by atoms with van der Waals surface area (Å²) in [5, 5.41) is 2.74. The molecule has 0 bridgehead atoms. The lowest BCUT2D eigenvalue weighted by Crippen LogP contribution is -2.49. The van der Waals surface area contributed by atoms with Gasteiger partial charge in [-0.05, 0) is 12.5 Å². The maximum Gasteiger partial charge on any atom is 0.423 e. The van der Waals surface area contributed by atoms with Gasteiger partial charge in [-0.1, -0.05) is 13.8 Å². The molecule has 1 N–H and O–H groups in total. The first-order chi connectivity index (χ1) is 8.98. The zero-order chi connectivity index (χ0) is 16.0. The van der Waals surface area contributed by atoms with E-state index in [-0.39, 0.29) is 19.1 Å². The van der Waals surface area contributed by atoms with Crippen molar-refractivity contribution in [2.24, 2.45) is 5.92 Å². The van der Waals surface area contributed by atoms with Crippen LogP contribution >= 0.6 is 0 Å². The normalized spacial score (nSPS) is 15.2. The van der Waals surface area contributed by atoms with Crippen molar-refractivity contribution in [1.82, 2.24) is 5.32 Å². The second-order valence-corrected chi connectivity index (χ2v) is 4.73. The van der Waals surface area contributed by atoms with Crippen LogP contribution in [-0.4, -0.2) is 51.4 Å². The molecule has 20 heavy (non-hydrogen) atoms. The SMILES string of the molecule is COCC(CNCC(C)C)OC(C(F)(F)F)C(F)(F)F. The van der Waals surface area contributed by atoms with E-state index in [1.807, 2.05) is 13.8 Å². The fraction of sp³-hybridized carbons (Fsp3) is 1.00. The number of alkyl halides is 6. The van der Waals surface area contributed by atoms with Crippen molar-refractivity contribution in [2.45, 2.75) is 38.4 Å². The number of nitrogens with one attached hydrogen (secondary N) is 1. The molecule has 0 fully saturated rings. The largest absolute Gasteiger partial charge is 0.423 e. The summed E-state index contributed by atoms with van der Waals surface area (Å²) in [4.78, 5) is 0. The molecule has 0 aromatic carbocycles. The summed E-state index contributed by atoms with van der Waals surface area (Å²) < 4.78 is 82.9. The molecule has 0 aliphatic carbocycles. The number of hydrogen-bond acceptors (Lipinski definition) is 3. The second kappa shape index (κ2) is 8.04. The minimum Gasteiger partial charge on any atom is -0.382 e. The average molecular weight is 311 g/mol. The molecule has 3 nitrogen and oxygen atoms in total. The van der Waals surface area contributed by atoms with Crippen LogP contribution in [-0.2, 0) is 9.47 Å². The van der Waals surface area contributed by atoms with Crippen LogP contribution in [0.1, 0.15) is 13.8 Å². The van der Waals surface area contributed by atoms with Crippen molar-refractivity contribution in [3.8, 4) is 0 Å². The molecule has 0 amide bonds. The van der Waals surface area contributed by atoms with Crippen LogP contribution in [0.25, 0.3) is 0 Å². The summed E-state index contributed by atoms with van der Waals surface area (Å²) in [6.45, 7) is 3.63. The fourth-order valence-electron chi connectivity index (χ4n) is 1.40. The lowest BCUT2D eigenvalue weighted by atomic mass is 10.2. The first-order valence-corrected chi connectivity index (χ1v) is 5.97. The highest BCUT2D eigenvalue weighted by molar-refractivity contribution is 4.78. The molecule has 0 saturated carbocycles. The van der Waals surface area contributed by atoms with E-state index in [9.17, 15) is 26.3 Å². The standard InChI is InChI=1S/C11H19F6NO2/c1-7(2)4-18-5-8(6-19-3)20-9(10(12,13)14)11(15,16)17/h7-9,18H,4-6H2,1-3H3. The maximum absolute atomic E-state index is 12.4. The van der Waals surface area contributed by atoms with Crippen molar-refractivity contribution in [3.63, 3.8) is 0 Å². The van der Waals surface area contributed by atoms with Gasteiger partial charge in [0, 0.05) is 13.7 Å². The lowest BCUT2D eigenvalue weighted by molar-refractivity contribution is -0.332. The molecule has 1 atom stereocenters. The van der Waals surface area contributed by atoms with E-state index >= 15 is 0 Å². The molecule has 0 radical (unpaired) electrons. The molecule has 0 aliphatic heterocycles. The third-order valence-electron chi connectivity index (χ3n) is 2.20. The molecule has 122 valence electrons. The second-order valence-electron chi connectivity index (χ2n) is 4.73. The predicted octanol–water partition coefficient (Wildman–Crippen LogP) is 2.76. The topological polar surface area (TPSA) is 30.5 Å². The van der Waals surface area contributed by atoms with E-state index in [4.69, 9.17) is 0 Å². The van der Waals surface area contributed by atoms with E-state index in [2.05, 4.69) is 14.8 Å². The van der Waals surface area contributed by atoms with Gasteiger partial charge in [0.25, 0.3) is 0 Å². The van der Waals surface area contributed by atoms with Crippen LogP contribution in [0.2, 0.25) is 0 Å². The zero-order valence-electron chi connectivity index (χ0n) is 11.4. The first kappa shape index (κ1) is 19.5. The highest BCUT2D eigenvalue weighted by Gasteiger charge is 2.58. The van der Waals surface area contributed by atoms with Crippen LogP contribution in [0, 0.1) is 5.92 Å². The van der Waals surface area contributed by atoms with Gasteiger partial charge in [-0.2, -0.15) is 26.3 Å². The van der Waals surface area contributed by atoms with Crippen molar-refractivity contribution in [1.29, 1.82) is 0 Å². The van der Waals surface area contributed by atoms with Gasteiger partial charge in [0.05, 0.1) is 12.7 Å². The van der Waals surface area contributed by atoms with Crippen molar-refractivity contribution >= 4 is 0 Å². The van der Waals surface area contributed by atoms with Crippen molar-refractivity contribution in [2.75, 3.05) is 26.8 Å². The quantitative estimate of drug-likeness (QED) is 0.699. The van der Waals surface area contributed by atoms with E-state index in [0.29, 0.717) is 6.54 Å². The Hall–Kier alpha value is -0.540. The molecule has 0 saturated heterocycles. The van der Waals surface area contributed by atoms with Gasteiger partial charge in [-0.3, -0.25) is 0 Å². The number of hydrogen-bond donors (Lipinski definition) is 1. The van der Waals surface area contributed by atoms with E-state index < -0.39 is 24.6 Å². The minimum atomic E-state index is -5.51. The lowest BCUT2D eigenvalue weighted by Gasteiger charge is -2.28. The highest BCUT2D eigenvalue weighted by atomic mass is 19.4. The summed E-state index contributed by atoms with van der Waals surface area (Å²) >= 11 is 0. The summed E-state index contributed by atoms with van der Waals surface area (Å²) in [7, 11) is 1.18. The Morgan fingerprint density at radius 1 is 0.950 bits per heavy atom. The van der Waals surface area contributed by atoms with Gasteiger partial charge in [0.15, 0.2) is 0 Å². The van der Waals surface area contributed by atoms with Gasteiger partial charge in [0.1, 0.15) is 0 Å². The molecular formula is C11H19F6NO2. The Bertz CT molecular complexity index is 253. The molecule has 0 heterocycles. The Kier molecular flexibility index (Phi) is 7.82. The van der Waals surface area contributed by atoms with Crippen LogP contribution in [0.3, 0.4) is 0 Å². The Morgan fingerprint density at radius 3 is 1.80 bits per heavy atom. The summed E-state index contributed by atoms with van der Waals surface area (Å²) in [6, 6.07) is 0. The van der Waals surface area contributed by atoms with Gasteiger partial charge < -0.3 is 14.8 Å². The van der Waals surface area contributed by atoms with Crippen LogP contribution in [0.5, 0.6) is 0 Å². The van der Waals surface area contributed by atoms with Crippen LogP contribution < -0.4 is 5.32 Å². The number of ether oxygens (including phenoxy) is 2. The van der Waals surface area contributed by atoms with Crippen LogP contribution in [0.15, 0.2) is 0 Å². The fourth-order valence-corrected chi connectivity index (χ4v) is 1.40. The van der Waals surface area contributed by atoms with E-state index in [0.717, 1.165) is 0 Å². The summed E-state index contributed by atoms with van der Waals surface area (Å²) in [5.41, 5.74) is 0. The van der Waals surface area contributed by atoms with Gasteiger partial charge in [0.2, 0.25) is 6.10 Å². The molecular weight excluding hydrogens is 292 g/mol. The van der Waals surface area contributed by atoms with Gasteiger partial charge >= 0.3 is 12.4 Å². The first-order valence-electron chi connectivity index (χ1n) is 5.97. The third kappa shape index (κ3) is 7.91.